The van der Waals surface area contributed by atoms with Gasteiger partial charge in [-0.2, -0.15) is 0 Å². The Hall–Kier alpha value is -2.07. The van der Waals surface area contributed by atoms with Crippen LogP contribution in [0.15, 0.2) is 36.7 Å². The Morgan fingerprint density at radius 1 is 1.24 bits per heavy atom. The molecule has 1 heterocycles. The molecule has 1 aromatic heterocycles. The summed E-state index contributed by atoms with van der Waals surface area (Å²) in [6.45, 7) is 4.64. The van der Waals surface area contributed by atoms with Gasteiger partial charge >= 0.3 is 0 Å². The van der Waals surface area contributed by atoms with Crippen molar-refractivity contribution in [2.45, 2.75) is 20.4 Å². The predicted molar refractivity (Wildman–Crippen MR) is 85.5 cm³/mol. The highest BCUT2D eigenvalue weighted by Crippen LogP contribution is 2.26. The number of hydrogen-bond donors (Lipinski definition) is 2. The molecular weight excluding hydrogens is 286 g/mol. The molecule has 110 valence electrons. The molecule has 0 aliphatic rings. The molecule has 1 amide bonds. The molecule has 0 unspecified atom stereocenters. The van der Waals surface area contributed by atoms with Gasteiger partial charge in [0.2, 0.25) is 5.91 Å². The van der Waals surface area contributed by atoms with Crippen LogP contribution in [0.5, 0.6) is 0 Å². The van der Waals surface area contributed by atoms with Crippen LogP contribution in [-0.2, 0) is 11.3 Å². The number of nitrogens with zero attached hydrogens (tertiary/aromatic N) is 1. The summed E-state index contributed by atoms with van der Waals surface area (Å²) in [4.78, 5) is 15.8. The summed E-state index contributed by atoms with van der Waals surface area (Å²) in [6, 6.07) is 7.65. The topological polar surface area (TPSA) is 54.0 Å². The van der Waals surface area contributed by atoms with E-state index in [4.69, 9.17) is 11.6 Å². The maximum Gasteiger partial charge on any atom is 0.239 e. The molecule has 5 heteroatoms. The molecule has 0 fully saturated rings. The number of aryl methyl sites for hydroxylation is 2. The van der Waals surface area contributed by atoms with E-state index < -0.39 is 0 Å². The summed E-state index contributed by atoms with van der Waals surface area (Å²) in [7, 11) is 0. The van der Waals surface area contributed by atoms with Crippen LogP contribution >= 0.6 is 11.6 Å². The minimum atomic E-state index is -0.0807. The van der Waals surface area contributed by atoms with Gasteiger partial charge in [0.25, 0.3) is 0 Å². The molecule has 0 aliphatic carbocycles. The third-order valence-corrected chi connectivity index (χ3v) is 3.39. The van der Waals surface area contributed by atoms with Gasteiger partial charge in [-0.25, -0.2) is 0 Å². The summed E-state index contributed by atoms with van der Waals surface area (Å²) in [5, 5.41) is 6.57. The largest absolute Gasteiger partial charge is 0.375 e. The zero-order chi connectivity index (χ0) is 15.2. The zero-order valence-corrected chi connectivity index (χ0v) is 12.9. The maximum absolute atomic E-state index is 11.8. The Morgan fingerprint density at radius 2 is 1.95 bits per heavy atom. The molecule has 2 rings (SSSR count). The van der Waals surface area contributed by atoms with Crippen LogP contribution in [0, 0.1) is 13.8 Å². The Bertz CT molecular complexity index is 606. The minimum absolute atomic E-state index is 0.0807. The lowest BCUT2D eigenvalue weighted by molar-refractivity contribution is -0.119. The second kappa shape index (κ2) is 7.09. The molecule has 0 spiro atoms. The van der Waals surface area contributed by atoms with Crippen LogP contribution in [0.4, 0.5) is 5.69 Å². The van der Waals surface area contributed by atoms with Crippen molar-refractivity contribution >= 4 is 23.2 Å². The van der Waals surface area contributed by atoms with Crippen molar-refractivity contribution in [2.75, 3.05) is 11.9 Å². The minimum Gasteiger partial charge on any atom is -0.375 e. The van der Waals surface area contributed by atoms with Crippen LogP contribution in [0.2, 0.25) is 5.02 Å². The highest BCUT2D eigenvalue weighted by molar-refractivity contribution is 6.33. The van der Waals surface area contributed by atoms with Crippen LogP contribution in [0.3, 0.4) is 0 Å². The first-order valence-electron chi connectivity index (χ1n) is 6.72. The lowest BCUT2D eigenvalue weighted by Gasteiger charge is -2.12. The number of nitrogens with one attached hydrogen (secondary N) is 2. The standard InChI is InChI=1S/C16H18ClN3O/c1-11-7-12(2)16(14(17)8-11)20-10-15(21)19-9-13-3-5-18-6-4-13/h3-8,20H,9-10H2,1-2H3,(H,19,21). The van der Waals surface area contributed by atoms with Gasteiger partial charge in [-0.3, -0.25) is 9.78 Å². The van der Waals surface area contributed by atoms with Crippen LogP contribution in [0.1, 0.15) is 16.7 Å². The molecule has 0 radical (unpaired) electrons. The van der Waals surface area contributed by atoms with E-state index in [1.807, 2.05) is 38.1 Å². The lowest BCUT2D eigenvalue weighted by Crippen LogP contribution is -2.29. The van der Waals surface area contributed by atoms with Crippen molar-refractivity contribution in [3.8, 4) is 0 Å². The van der Waals surface area contributed by atoms with Gasteiger partial charge in [-0.15, -0.1) is 0 Å². The van der Waals surface area contributed by atoms with Gasteiger partial charge in [-0.05, 0) is 48.7 Å². The maximum atomic E-state index is 11.8. The Kier molecular flexibility index (Phi) is 5.17. The molecule has 0 atom stereocenters. The number of halogens is 1. The molecule has 0 aliphatic heterocycles. The number of anilines is 1. The van der Waals surface area contributed by atoms with E-state index in [9.17, 15) is 4.79 Å². The Morgan fingerprint density at radius 3 is 2.62 bits per heavy atom. The van der Waals surface area contributed by atoms with E-state index in [-0.39, 0.29) is 12.5 Å². The van der Waals surface area contributed by atoms with Gasteiger partial charge in [0, 0.05) is 18.9 Å². The monoisotopic (exact) mass is 303 g/mol. The molecule has 4 nitrogen and oxygen atoms in total. The lowest BCUT2D eigenvalue weighted by atomic mass is 10.1. The van der Waals surface area contributed by atoms with Crippen LogP contribution in [0.25, 0.3) is 0 Å². The SMILES string of the molecule is Cc1cc(C)c(NCC(=O)NCc2ccncc2)c(Cl)c1. The molecule has 2 aromatic rings. The average molecular weight is 304 g/mol. The first-order chi connectivity index (χ1) is 10.1. The summed E-state index contributed by atoms with van der Waals surface area (Å²) in [6.07, 6.45) is 3.41. The fourth-order valence-corrected chi connectivity index (χ4v) is 2.46. The number of carbonyl (C=O) groups is 1. The molecule has 1 aromatic carbocycles. The van der Waals surface area contributed by atoms with Crippen LogP contribution in [-0.4, -0.2) is 17.4 Å². The van der Waals surface area contributed by atoms with Gasteiger partial charge in [0.15, 0.2) is 0 Å². The average Bonchev–Trinajstić information content (AvgIpc) is 2.45. The van der Waals surface area contributed by atoms with E-state index in [0.717, 1.165) is 22.4 Å². The molecule has 21 heavy (non-hydrogen) atoms. The summed E-state index contributed by atoms with van der Waals surface area (Å²) >= 11 is 6.19. The third kappa shape index (κ3) is 4.46. The second-order valence-corrected chi connectivity index (χ2v) is 5.33. The Balaban J connectivity index is 1.87. The quantitative estimate of drug-likeness (QED) is 0.892. The van der Waals surface area contributed by atoms with Crippen molar-refractivity contribution in [3.63, 3.8) is 0 Å². The van der Waals surface area contributed by atoms with E-state index in [1.54, 1.807) is 12.4 Å². The predicted octanol–water partition coefficient (Wildman–Crippen LogP) is 3.08. The number of hydrogen-bond acceptors (Lipinski definition) is 3. The number of rotatable bonds is 5. The summed E-state index contributed by atoms with van der Waals surface area (Å²) in [5.74, 6) is -0.0807. The van der Waals surface area contributed by atoms with Crippen molar-refractivity contribution in [3.05, 3.63) is 58.4 Å². The number of pyridine rings is 1. The van der Waals surface area contributed by atoms with Gasteiger partial charge in [0.05, 0.1) is 17.3 Å². The number of carbonyl (C=O) groups excluding carboxylic acids is 1. The highest BCUT2D eigenvalue weighted by Gasteiger charge is 2.07. The van der Waals surface area contributed by atoms with E-state index in [0.29, 0.717) is 11.6 Å². The molecule has 2 N–H and O–H groups in total. The molecular formula is C16H18ClN3O. The van der Waals surface area contributed by atoms with Crippen molar-refractivity contribution in [1.29, 1.82) is 0 Å². The number of aromatic nitrogens is 1. The van der Waals surface area contributed by atoms with Crippen molar-refractivity contribution in [2.24, 2.45) is 0 Å². The first-order valence-corrected chi connectivity index (χ1v) is 7.10. The number of benzene rings is 1. The molecule has 0 bridgehead atoms. The van der Waals surface area contributed by atoms with E-state index >= 15 is 0 Å². The highest BCUT2D eigenvalue weighted by atomic mass is 35.5. The number of amides is 1. The van der Waals surface area contributed by atoms with Crippen LogP contribution < -0.4 is 10.6 Å². The van der Waals surface area contributed by atoms with Crippen molar-refractivity contribution in [1.82, 2.24) is 10.3 Å². The van der Waals surface area contributed by atoms with Gasteiger partial charge in [-0.1, -0.05) is 17.7 Å². The smallest absolute Gasteiger partial charge is 0.239 e. The zero-order valence-electron chi connectivity index (χ0n) is 12.1. The van der Waals surface area contributed by atoms with E-state index in [1.165, 1.54) is 0 Å². The Labute approximate surface area is 129 Å². The second-order valence-electron chi connectivity index (χ2n) is 4.92. The van der Waals surface area contributed by atoms with Gasteiger partial charge < -0.3 is 10.6 Å². The van der Waals surface area contributed by atoms with Crippen molar-refractivity contribution < 1.29 is 4.79 Å². The fourth-order valence-electron chi connectivity index (χ4n) is 2.07. The van der Waals surface area contributed by atoms with Gasteiger partial charge in [0.1, 0.15) is 0 Å². The molecule has 0 saturated carbocycles. The first kappa shape index (κ1) is 15.3. The van der Waals surface area contributed by atoms with E-state index in [2.05, 4.69) is 15.6 Å². The molecule has 0 saturated heterocycles. The fraction of sp³-hybridized carbons (Fsp3) is 0.250. The third-order valence-electron chi connectivity index (χ3n) is 3.10. The summed E-state index contributed by atoms with van der Waals surface area (Å²) in [5.41, 5.74) is 3.95. The summed E-state index contributed by atoms with van der Waals surface area (Å²) < 4.78 is 0. The normalized spacial score (nSPS) is 10.2.